The highest BCUT2D eigenvalue weighted by molar-refractivity contribution is 5.87. The van der Waals surface area contributed by atoms with Crippen molar-refractivity contribution in [2.24, 2.45) is 0 Å². The molecule has 0 unspecified atom stereocenters. The van der Waals surface area contributed by atoms with E-state index in [2.05, 4.69) is 5.32 Å². The molecule has 0 saturated heterocycles. The van der Waals surface area contributed by atoms with Crippen LogP contribution in [0.1, 0.15) is 64.5 Å². The summed E-state index contributed by atoms with van der Waals surface area (Å²) in [7, 11) is 0. The molecule has 0 aromatic heterocycles. The molecule has 1 N–H and O–H groups in total. The van der Waals surface area contributed by atoms with Gasteiger partial charge in [-0.15, -0.1) is 0 Å². The first-order chi connectivity index (χ1) is 11.4. The summed E-state index contributed by atoms with van der Waals surface area (Å²) < 4.78 is 0. The molecule has 0 spiro atoms. The van der Waals surface area contributed by atoms with E-state index >= 15 is 0 Å². The molecule has 2 atom stereocenters. The third-order valence-electron chi connectivity index (χ3n) is 4.45. The lowest BCUT2D eigenvalue weighted by Gasteiger charge is -2.32. The number of nitrogens with one attached hydrogen (secondary N) is 1. The van der Waals surface area contributed by atoms with Crippen LogP contribution in [0.25, 0.3) is 0 Å². The summed E-state index contributed by atoms with van der Waals surface area (Å²) in [4.78, 5) is 27.1. The van der Waals surface area contributed by atoms with Crippen LogP contribution in [0, 0.1) is 6.92 Å². The van der Waals surface area contributed by atoms with Crippen LogP contribution in [0.4, 0.5) is 0 Å². The van der Waals surface area contributed by atoms with Gasteiger partial charge in [0.05, 0.1) is 0 Å². The zero-order valence-electron chi connectivity index (χ0n) is 15.8. The van der Waals surface area contributed by atoms with E-state index < -0.39 is 6.04 Å². The summed E-state index contributed by atoms with van der Waals surface area (Å²) in [5.41, 5.74) is 2.24. The summed E-state index contributed by atoms with van der Waals surface area (Å²) in [5, 5.41) is 3.03. The van der Waals surface area contributed by atoms with Gasteiger partial charge in [-0.3, -0.25) is 9.59 Å². The van der Waals surface area contributed by atoms with Crippen LogP contribution in [0.15, 0.2) is 24.3 Å². The summed E-state index contributed by atoms with van der Waals surface area (Å²) >= 11 is 0. The number of benzene rings is 1. The van der Waals surface area contributed by atoms with Gasteiger partial charge in [0.1, 0.15) is 6.04 Å². The number of hydrogen-bond acceptors (Lipinski definition) is 2. The lowest BCUT2D eigenvalue weighted by molar-refractivity contribution is -0.141. The normalized spacial score (nSPS) is 13.2. The number of aryl methyl sites for hydroxylation is 1. The standard InChI is InChI=1S/C20H32N2O2/c1-6-11-19(23)22(14-17-13-10-9-12-15(17)4)18(8-3)20(24)21-16(5)7-2/h9-10,12-13,16,18H,6-8,11,14H2,1-5H3,(H,21,24)/t16-,18+/m0/s1. The fraction of sp³-hybridized carbons (Fsp3) is 0.600. The molecule has 0 aliphatic heterocycles. The fourth-order valence-corrected chi connectivity index (χ4v) is 2.69. The second-order valence-electron chi connectivity index (χ2n) is 6.44. The molecular weight excluding hydrogens is 300 g/mol. The lowest BCUT2D eigenvalue weighted by Crippen LogP contribution is -2.50. The first kappa shape index (κ1) is 20.2. The Bertz CT molecular complexity index is 542. The van der Waals surface area contributed by atoms with Gasteiger partial charge >= 0.3 is 0 Å². The molecule has 0 radical (unpaired) electrons. The average molecular weight is 332 g/mol. The van der Waals surface area contributed by atoms with Gasteiger partial charge in [-0.05, 0) is 44.2 Å². The van der Waals surface area contributed by atoms with E-state index in [-0.39, 0.29) is 17.9 Å². The Hall–Kier alpha value is -1.84. The highest BCUT2D eigenvalue weighted by Crippen LogP contribution is 2.17. The Morgan fingerprint density at radius 2 is 1.79 bits per heavy atom. The summed E-state index contributed by atoms with van der Waals surface area (Å²) in [6.07, 6.45) is 2.75. The van der Waals surface area contributed by atoms with Crippen LogP contribution in [0.3, 0.4) is 0 Å². The van der Waals surface area contributed by atoms with Crippen LogP contribution in [-0.2, 0) is 16.1 Å². The van der Waals surface area contributed by atoms with Gasteiger partial charge < -0.3 is 10.2 Å². The van der Waals surface area contributed by atoms with E-state index in [1.807, 2.05) is 58.9 Å². The molecule has 0 heterocycles. The molecule has 1 rings (SSSR count). The van der Waals surface area contributed by atoms with E-state index in [1.165, 1.54) is 0 Å². The molecule has 1 aromatic rings. The Morgan fingerprint density at radius 3 is 2.33 bits per heavy atom. The van der Waals surface area contributed by atoms with Crippen LogP contribution in [0.5, 0.6) is 0 Å². The molecule has 0 aliphatic rings. The van der Waals surface area contributed by atoms with Crippen molar-refractivity contribution in [1.82, 2.24) is 10.2 Å². The second-order valence-corrected chi connectivity index (χ2v) is 6.44. The Morgan fingerprint density at radius 1 is 1.12 bits per heavy atom. The number of carbonyl (C=O) groups excluding carboxylic acids is 2. The zero-order chi connectivity index (χ0) is 18.1. The molecule has 134 valence electrons. The van der Waals surface area contributed by atoms with E-state index in [4.69, 9.17) is 0 Å². The van der Waals surface area contributed by atoms with Crippen LogP contribution in [0.2, 0.25) is 0 Å². The SMILES string of the molecule is CCCC(=O)N(Cc1ccccc1C)[C@H](CC)C(=O)N[C@@H](C)CC. The van der Waals surface area contributed by atoms with Crippen LogP contribution >= 0.6 is 0 Å². The summed E-state index contributed by atoms with van der Waals surface area (Å²) in [6, 6.07) is 7.74. The topological polar surface area (TPSA) is 49.4 Å². The first-order valence-corrected chi connectivity index (χ1v) is 9.08. The van der Waals surface area contributed by atoms with Gasteiger partial charge in [-0.2, -0.15) is 0 Å². The van der Waals surface area contributed by atoms with Crippen LogP contribution in [-0.4, -0.2) is 28.8 Å². The Kier molecular flexibility index (Phi) is 8.51. The molecular formula is C20H32N2O2. The van der Waals surface area contributed by atoms with Gasteiger partial charge in [-0.1, -0.05) is 45.0 Å². The van der Waals surface area contributed by atoms with Gasteiger partial charge in [0.25, 0.3) is 0 Å². The lowest BCUT2D eigenvalue weighted by atomic mass is 10.0. The fourth-order valence-electron chi connectivity index (χ4n) is 2.69. The number of rotatable bonds is 9. The van der Waals surface area contributed by atoms with Crippen molar-refractivity contribution in [2.75, 3.05) is 0 Å². The third-order valence-corrected chi connectivity index (χ3v) is 4.45. The molecule has 4 heteroatoms. The van der Waals surface area contributed by atoms with Crippen molar-refractivity contribution >= 4 is 11.8 Å². The minimum atomic E-state index is -0.419. The van der Waals surface area contributed by atoms with E-state index in [1.54, 1.807) is 4.90 Å². The molecule has 4 nitrogen and oxygen atoms in total. The van der Waals surface area contributed by atoms with Crippen molar-refractivity contribution in [3.8, 4) is 0 Å². The maximum atomic E-state index is 12.7. The number of hydrogen-bond donors (Lipinski definition) is 1. The zero-order valence-corrected chi connectivity index (χ0v) is 15.8. The highest BCUT2D eigenvalue weighted by atomic mass is 16.2. The van der Waals surface area contributed by atoms with Gasteiger partial charge in [0.15, 0.2) is 0 Å². The summed E-state index contributed by atoms with van der Waals surface area (Å²) in [6.45, 7) is 10.5. The Labute approximate surface area is 146 Å². The minimum Gasteiger partial charge on any atom is -0.352 e. The van der Waals surface area contributed by atoms with E-state index in [0.717, 1.165) is 24.0 Å². The van der Waals surface area contributed by atoms with E-state index in [0.29, 0.717) is 19.4 Å². The predicted molar refractivity (Wildman–Crippen MR) is 98.6 cm³/mol. The van der Waals surface area contributed by atoms with Gasteiger partial charge in [-0.25, -0.2) is 0 Å². The van der Waals surface area contributed by atoms with Gasteiger partial charge in [0.2, 0.25) is 11.8 Å². The molecule has 24 heavy (non-hydrogen) atoms. The molecule has 2 amide bonds. The number of nitrogens with zero attached hydrogens (tertiary/aromatic N) is 1. The molecule has 1 aromatic carbocycles. The minimum absolute atomic E-state index is 0.0481. The largest absolute Gasteiger partial charge is 0.352 e. The maximum Gasteiger partial charge on any atom is 0.243 e. The van der Waals surface area contributed by atoms with Crippen LogP contribution < -0.4 is 5.32 Å². The maximum absolute atomic E-state index is 12.7. The smallest absolute Gasteiger partial charge is 0.243 e. The van der Waals surface area contributed by atoms with Crippen molar-refractivity contribution in [1.29, 1.82) is 0 Å². The molecule has 0 aliphatic carbocycles. The van der Waals surface area contributed by atoms with Crippen molar-refractivity contribution in [3.63, 3.8) is 0 Å². The van der Waals surface area contributed by atoms with Crippen molar-refractivity contribution in [3.05, 3.63) is 35.4 Å². The van der Waals surface area contributed by atoms with Gasteiger partial charge in [0, 0.05) is 19.0 Å². The quantitative estimate of drug-likeness (QED) is 0.747. The number of amides is 2. The Balaban J connectivity index is 3.04. The summed E-state index contributed by atoms with van der Waals surface area (Å²) in [5.74, 6) is -0.00297. The second kappa shape index (κ2) is 10.1. The monoisotopic (exact) mass is 332 g/mol. The first-order valence-electron chi connectivity index (χ1n) is 9.08. The highest BCUT2D eigenvalue weighted by Gasteiger charge is 2.28. The molecule has 0 bridgehead atoms. The van der Waals surface area contributed by atoms with E-state index in [9.17, 15) is 9.59 Å². The third kappa shape index (κ3) is 5.66. The molecule has 0 fully saturated rings. The predicted octanol–water partition coefficient (Wildman–Crippen LogP) is 3.82. The number of carbonyl (C=O) groups is 2. The average Bonchev–Trinajstić information content (AvgIpc) is 2.56. The van der Waals surface area contributed by atoms with Crippen molar-refractivity contribution in [2.45, 2.75) is 78.9 Å². The van der Waals surface area contributed by atoms with Crippen molar-refractivity contribution < 1.29 is 9.59 Å². The molecule has 0 saturated carbocycles.